The monoisotopic (exact) mass is 375 g/mol. The van der Waals surface area contributed by atoms with Crippen LogP contribution in [-0.2, 0) is 71.1 Å². The summed E-state index contributed by atoms with van der Waals surface area (Å²) in [4.78, 5) is 0. The van der Waals surface area contributed by atoms with Crippen LogP contribution in [0.1, 0.15) is 0 Å². The van der Waals surface area contributed by atoms with E-state index in [1.807, 2.05) is 0 Å². The summed E-state index contributed by atoms with van der Waals surface area (Å²) < 4.78 is 0. The summed E-state index contributed by atoms with van der Waals surface area (Å²) in [7, 11) is 0. The largest absolute Gasteiger partial charge is 3.00 e. The molecule has 0 aromatic rings. The van der Waals surface area contributed by atoms with E-state index in [1.54, 1.807) is 0 Å². The average Bonchev–Trinajstić information content (AvgIpc) is 0. The van der Waals surface area contributed by atoms with Crippen molar-refractivity contribution < 1.29 is 17.1 Å². The van der Waals surface area contributed by atoms with Crippen molar-refractivity contribution in [1.29, 1.82) is 0 Å². The zero-order valence-corrected chi connectivity index (χ0v) is 13.0. The zero-order valence-electron chi connectivity index (χ0n) is 3.09. The van der Waals surface area contributed by atoms with Gasteiger partial charge in [-0.2, -0.15) is 0 Å². The van der Waals surface area contributed by atoms with Gasteiger partial charge in [-0.3, -0.25) is 0 Å². The van der Waals surface area contributed by atoms with Crippen molar-refractivity contribution in [2.75, 3.05) is 0 Å². The minimum Gasteiger partial charge on any atom is -2.00 e. The van der Waals surface area contributed by atoms with Crippen molar-refractivity contribution in [2.24, 2.45) is 0 Å². The molecule has 7 heteroatoms. The SMILES string of the molecule is [Cu+2].[Ga+3].[In+3].[S-2].[S-2].[S-2].[S-2]. The van der Waals surface area contributed by atoms with Crippen LogP contribution in [0.3, 0.4) is 0 Å². The Morgan fingerprint density at radius 1 is 0.571 bits per heavy atom. The van der Waals surface area contributed by atoms with Crippen LogP contribution in [0.25, 0.3) is 0 Å². The quantitative estimate of drug-likeness (QED) is 0.487. The van der Waals surface area contributed by atoms with E-state index in [2.05, 4.69) is 0 Å². The second-order valence-corrected chi connectivity index (χ2v) is 0. The van der Waals surface area contributed by atoms with Gasteiger partial charge in [-0.15, -0.1) is 0 Å². The molecule has 41 valence electrons. The molecule has 0 aliphatic heterocycles. The molecule has 0 heterocycles. The van der Waals surface area contributed by atoms with Gasteiger partial charge in [-0.05, 0) is 0 Å². The Bertz CT molecular complexity index is 11.7. The van der Waals surface area contributed by atoms with Crippen molar-refractivity contribution in [2.45, 2.75) is 0 Å². The fraction of sp³-hybridized carbons (Fsp3) is 0. The summed E-state index contributed by atoms with van der Waals surface area (Å²) >= 11 is 0. The maximum absolute atomic E-state index is 0. The van der Waals surface area contributed by atoms with E-state index < -0.39 is 0 Å². The topological polar surface area (TPSA) is 0 Å². The van der Waals surface area contributed by atoms with Crippen LogP contribution in [0.4, 0.5) is 0 Å². The van der Waals surface area contributed by atoms with Crippen LogP contribution in [0, 0.1) is 0 Å². The Kier molecular flexibility index (Phi) is 643. The predicted molar refractivity (Wildman–Crippen MR) is 41.0 cm³/mol. The summed E-state index contributed by atoms with van der Waals surface area (Å²) in [6.07, 6.45) is 0. The van der Waals surface area contributed by atoms with Crippen molar-refractivity contribution in [3.63, 3.8) is 0 Å². The average molecular weight is 376 g/mol. The second-order valence-electron chi connectivity index (χ2n) is 0. The molecule has 1 radical (unpaired) electrons. The van der Waals surface area contributed by atoms with Gasteiger partial charge in [-0.1, -0.05) is 0 Å². The number of rotatable bonds is 0. The van der Waals surface area contributed by atoms with Crippen LogP contribution < -0.4 is 0 Å². The Morgan fingerprint density at radius 3 is 0.571 bits per heavy atom. The van der Waals surface area contributed by atoms with Crippen LogP contribution >= 0.6 is 0 Å². The molecule has 0 rings (SSSR count). The fourth-order valence-electron chi connectivity index (χ4n) is 0. The molecule has 0 amide bonds. The molecule has 0 fully saturated rings. The van der Waals surface area contributed by atoms with E-state index >= 15 is 0 Å². The zero-order chi connectivity index (χ0) is 0. The normalized spacial score (nSPS) is 0. The van der Waals surface area contributed by atoms with Gasteiger partial charge in [0.15, 0.2) is 0 Å². The van der Waals surface area contributed by atoms with Gasteiger partial charge in [0, 0.05) is 0 Å². The van der Waals surface area contributed by atoms with Gasteiger partial charge in [0.2, 0.25) is 0 Å². The first-order valence-corrected chi connectivity index (χ1v) is 0. The Labute approximate surface area is 115 Å². The van der Waals surface area contributed by atoms with Crippen molar-refractivity contribution >= 4 is 99.6 Å². The molecule has 7 heavy (non-hydrogen) atoms. The Hall–Kier alpha value is 3.43. The van der Waals surface area contributed by atoms with E-state index in [-0.39, 0.29) is 117 Å². The van der Waals surface area contributed by atoms with E-state index in [4.69, 9.17) is 0 Å². The molecule has 0 N–H and O–H groups in total. The number of hydrogen-bond donors (Lipinski definition) is 0. The molecule has 0 aliphatic carbocycles. The summed E-state index contributed by atoms with van der Waals surface area (Å²) in [6.45, 7) is 0. The van der Waals surface area contributed by atoms with Crippen molar-refractivity contribution in [3.05, 3.63) is 0 Å². The molecule has 0 unspecified atom stereocenters. The maximum Gasteiger partial charge on any atom is 3.00 e. The van der Waals surface area contributed by atoms with Crippen LogP contribution in [-0.4, -0.2) is 45.6 Å². The maximum atomic E-state index is 0. The Balaban J connectivity index is 0. The molecule has 0 aromatic carbocycles. The predicted octanol–water partition coefficient (Wildman–Crippen LogP) is -0.774. The van der Waals surface area contributed by atoms with E-state index in [0.717, 1.165) is 0 Å². The van der Waals surface area contributed by atoms with Gasteiger partial charge in [-0.25, -0.2) is 0 Å². The van der Waals surface area contributed by atoms with Crippen LogP contribution in [0.5, 0.6) is 0 Å². The molecular weight excluding hydrogens is 376 g/mol. The molecule has 0 aliphatic rings. The van der Waals surface area contributed by atoms with Gasteiger partial charge in [0.25, 0.3) is 0 Å². The minimum atomic E-state index is 0. The molecular formula is CuGaInS4. The van der Waals surface area contributed by atoms with Gasteiger partial charge in [0.1, 0.15) is 0 Å². The standard InChI is InChI=1S/Cu.Ga.In.4S/q+2;2*+3;4*-2. The smallest absolute Gasteiger partial charge is 2.00 e. The summed E-state index contributed by atoms with van der Waals surface area (Å²) in [5.41, 5.74) is 0. The third-order valence-electron chi connectivity index (χ3n) is 0. The van der Waals surface area contributed by atoms with E-state index in [9.17, 15) is 0 Å². The summed E-state index contributed by atoms with van der Waals surface area (Å²) in [5, 5.41) is 0. The van der Waals surface area contributed by atoms with Gasteiger partial charge >= 0.3 is 62.7 Å². The molecule has 0 bridgehead atoms. The van der Waals surface area contributed by atoms with Crippen LogP contribution in [0.2, 0.25) is 0 Å². The van der Waals surface area contributed by atoms with Gasteiger partial charge in [0.05, 0.1) is 0 Å². The van der Waals surface area contributed by atoms with E-state index in [0.29, 0.717) is 0 Å². The fourth-order valence-corrected chi connectivity index (χ4v) is 0. The molecule has 0 aromatic heterocycles. The Morgan fingerprint density at radius 2 is 0.571 bits per heavy atom. The molecule has 0 spiro atoms. The molecule has 0 nitrogen and oxygen atoms in total. The first-order valence-electron chi connectivity index (χ1n) is 0. The molecule has 0 saturated carbocycles. The molecule has 0 saturated heterocycles. The van der Waals surface area contributed by atoms with Crippen molar-refractivity contribution in [3.8, 4) is 0 Å². The third-order valence-corrected chi connectivity index (χ3v) is 0. The van der Waals surface area contributed by atoms with Gasteiger partial charge < -0.3 is 54.0 Å². The van der Waals surface area contributed by atoms with Crippen LogP contribution in [0.15, 0.2) is 0 Å². The third kappa shape index (κ3) is 44.3. The number of hydrogen-bond acceptors (Lipinski definition) is 0. The first-order chi connectivity index (χ1) is 0. The first kappa shape index (κ1) is 78.9. The second kappa shape index (κ2) is 57.0. The van der Waals surface area contributed by atoms with E-state index in [1.165, 1.54) is 0 Å². The summed E-state index contributed by atoms with van der Waals surface area (Å²) in [6, 6.07) is 0. The summed E-state index contributed by atoms with van der Waals surface area (Å²) in [5.74, 6) is 0. The minimum absolute atomic E-state index is 0. The van der Waals surface area contributed by atoms with Crippen molar-refractivity contribution in [1.82, 2.24) is 0 Å². The molecule has 0 atom stereocenters.